The Balaban J connectivity index is 4.49. The lowest BCUT2D eigenvalue weighted by Crippen LogP contribution is -2.45. The van der Waals surface area contributed by atoms with E-state index in [9.17, 15) is 9.90 Å². The summed E-state index contributed by atoms with van der Waals surface area (Å²) in [5.41, 5.74) is 0. The van der Waals surface area contributed by atoms with Crippen LogP contribution in [0.1, 0.15) is 130 Å². The van der Waals surface area contributed by atoms with E-state index < -0.39 is 5.97 Å². The maximum Gasteiger partial charge on any atom is 0.317 e. The highest BCUT2D eigenvalue weighted by atomic mass is 16.4. The Kier molecular flexibility index (Phi) is 18.4. The number of unbranched alkanes of at least 4 members (excludes halogenated alkanes) is 10. The van der Waals surface area contributed by atoms with Crippen LogP contribution >= 0.6 is 0 Å². The van der Waals surface area contributed by atoms with Gasteiger partial charge in [0, 0.05) is 12.1 Å². The van der Waals surface area contributed by atoms with Crippen molar-refractivity contribution < 1.29 is 9.90 Å². The van der Waals surface area contributed by atoms with E-state index in [1.807, 2.05) is 0 Å². The van der Waals surface area contributed by atoms with Crippen molar-refractivity contribution in [2.24, 2.45) is 0 Å². The van der Waals surface area contributed by atoms with Crippen molar-refractivity contribution in [2.75, 3.05) is 6.54 Å². The topological polar surface area (TPSA) is 40.5 Å². The summed E-state index contributed by atoms with van der Waals surface area (Å²) in [5.74, 6) is -0.669. The van der Waals surface area contributed by atoms with E-state index in [2.05, 4.69) is 32.6 Å². The van der Waals surface area contributed by atoms with E-state index >= 15 is 0 Å². The van der Waals surface area contributed by atoms with Gasteiger partial charge in [0.2, 0.25) is 0 Å². The van der Waals surface area contributed by atoms with Crippen LogP contribution in [0.15, 0.2) is 0 Å². The lowest BCUT2D eigenvalue weighted by Gasteiger charge is -2.37. The van der Waals surface area contributed by atoms with Gasteiger partial charge in [-0.05, 0) is 25.7 Å². The molecule has 0 saturated carbocycles. The highest BCUT2D eigenvalue weighted by Gasteiger charge is 2.25. The van der Waals surface area contributed by atoms with E-state index in [-0.39, 0.29) is 6.54 Å². The Bertz CT molecular complexity index is 308. The lowest BCUT2D eigenvalue weighted by molar-refractivity contribution is -0.140. The average Bonchev–Trinajstić information content (AvgIpc) is 2.65. The molecule has 2 atom stereocenters. The summed E-state index contributed by atoms with van der Waals surface area (Å²) in [4.78, 5) is 13.8. The van der Waals surface area contributed by atoms with Gasteiger partial charge < -0.3 is 5.11 Å². The maximum atomic E-state index is 11.5. The van der Waals surface area contributed by atoms with E-state index in [4.69, 9.17) is 0 Å². The molecule has 0 aliphatic carbocycles. The maximum absolute atomic E-state index is 11.5. The minimum atomic E-state index is -0.669. The number of carboxylic acids is 1. The van der Waals surface area contributed by atoms with Crippen LogP contribution in [-0.4, -0.2) is 34.6 Å². The third kappa shape index (κ3) is 14.1. The largest absolute Gasteiger partial charge is 0.480 e. The fourth-order valence-electron chi connectivity index (χ4n) is 4.24. The molecule has 0 aromatic carbocycles. The molecule has 3 nitrogen and oxygen atoms in total. The molecule has 0 aromatic rings. The van der Waals surface area contributed by atoms with Gasteiger partial charge in [-0.3, -0.25) is 9.69 Å². The quantitative estimate of drug-likeness (QED) is 0.222. The second-order valence-electron chi connectivity index (χ2n) is 8.30. The van der Waals surface area contributed by atoms with Gasteiger partial charge in [-0.15, -0.1) is 0 Å². The van der Waals surface area contributed by atoms with Crippen molar-refractivity contribution in [3.63, 3.8) is 0 Å². The zero-order valence-corrected chi connectivity index (χ0v) is 19.0. The molecule has 27 heavy (non-hydrogen) atoms. The molecule has 0 amide bonds. The molecular weight excluding hydrogens is 334 g/mol. The Labute approximate surface area is 170 Å². The number of rotatable bonds is 20. The first-order valence-corrected chi connectivity index (χ1v) is 12.1. The van der Waals surface area contributed by atoms with Crippen molar-refractivity contribution in [1.29, 1.82) is 0 Å². The molecule has 0 bridgehead atoms. The summed E-state index contributed by atoms with van der Waals surface area (Å²) in [6.07, 6.45) is 20.2. The van der Waals surface area contributed by atoms with Gasteiger partial charge in [0.1, 0.15) is 0 Å². The number of nitrogens with zero attached hydrogens (tertiary/aromatic N) is 1. The normalized spacial score (nSPS) is 13.8. The zero-order chi connectivity index (χ0) is 20.3. The number of aliphatic carboxylic acids is 1. The first-order valence-electron chi connectivity index (χ1n) is 12.1. The molecule has 0 saturated heterocycles. The van der Waals surface area contributed by atoms with Crippen LogP contribution < -0.4 is 0 Å². The summed E-state index contributed by atoms with van der Waals surface area (Å²) in [6.45, 7) is 9.18. The number of carboxylic acid groups (broad SMARTS) is 1. The molecule has 0 spiro atoms. The zero-order valence-electron chi connectivity index (χ0n) is 19.0. The molecule has 0 heterocycles. The smallest absolute Gasteiger partial charge is 0.317 e. The first-order chi connectivity index (χ1) is 13.1. The molecular formula is C24H49NO2. The third-order valence-electron chi connectivity index (χ3n) is 5.98. The molecule has 0 rings (SSSR count). The summed E-state index contributed by atoms with van der Waals surface area (Å²) in [7, 11) is 0. The Morgan fingerprint density at radius 1 is 0.667 bits per heavy atom. The highest BCUT2D eigenvalue weighted by molar-refractivity contribution is 5.69. The standard InChI is InChI=1S/C24H49NO2/c1-5-9-11-13-15-17-19-22(7-3)25(21-24(26)27)23(8-4)20-18-16-14-12-10-6-2/h22-23H,5-21H2,1-4H3,(H,26,27). The van der Waals surface area contributed by atoms with Gasteiger partial charge in [-0.1, -0.05) is 105 Å². The van der Waals surface area contributed by atoms with Crippen molar-refractivity contribution in [3.8, 4) is 0 Å². The Morgan fingerprint density at radius 2 is 1.04 bits per heavy atom. The average molecular weight is 384 g/mol. The second-order valence-corrected chi connectivity index (χ2v) is 8.30. The lowest BCUT2D eigenvalue weighted by atomic mass is 9.97. The van der Waals surface area contributed by atoms with E-state index in [0.717, 1.165) is 25.7 Å². The fraction of sp³-hybridized carbons (Fsp3) is 0.958. The molecule has 0 radical (unpaired) electrons. The van der Waals surface area contributed by atoms with E-state index in [1.165, 1.54) is 77.0 Å². The van der Waals surface area contributed by atoms with Crippen molar-refractivity contribution >= 4 is 5.97 Å². The molecule has 1 N–H and O–H groups in total. The fourth-order valence-corrected chi connectivity index (χ4v) is 4.24. The van der Waals surface area contributed by atoms with Gasteiger partial charge >= 0.3 is 5.97 Å². The van der Waals surface area contributed by atoms with Crippen LogP contribution in [0.2, 0.25) is 0 Å². The van der Waals surface area contributed by atoms with Gasteiger partial charge in [0.05, 0.1) is 6.54 Å². The summed E-state index contributed by atoms with van der Waals surface area (Å²) in [6, 6.07) is 0.856. The monoisotopic (exact) mass is 383 g/mol. The predicted molar refractivity (Wildman–Crippen MR) is 118 cm³/mol. The minimum absolute atomic E-state index is 0.211. The van der Waals surface area contributed by atoms with Crippen LogP contribution in [0, 0.1) is 0 Å². The molecule has 3 heteroatoms. The summed E-state index contributed by atoms with van der Waals surface area (Å²) < 4.78 is 0. The van der Waals surface area contributed by atoms with Gasteiger partial charge in [-0.25, -0.2) is 0 Å². The van der Waals surface area contributed by atoms with Crippen molar-refractivity contribution in [2.45, 2.75) is 143 Å². The number of hydrogen-bond donors (Lipinski definition) is 1. The van der Waals surface area contributed by atoms with E-state index in [0.29, 0.717) is 12.1 Å². The molecule has 0 aliphatic heterocycles. The Hall–Kier alpha value is -0.570. The molecule has 162 valence electrons. The molecule has 0 fully saturated rings. The van der Waals surface area contributed by atoms with Crippen molar-refractivity contribution in [1.82, 2.24) is 4.90 Å². The van der Waals surface area contributed by atoms with Crippen LogP contribution in [0.4, 0.5) is 0 Å². The SMILES string of the molecule is CCCCCCCCC(CC)N(CC(=O)O)C(CC)CCCCCCCC. The van der Waals surface area contributed by atoms with Gasteiger partial charge in [-0.2, -0.15) is 0 Å². The first kappa shape index (κ1) is 26.4. The summed E-state index contributed by atoms with van der Waals surface area (Å²) in [5, 5.41) is 9.47. The van der Waals surface area contributed by atoms with E-state index in [1.54, 1.807) is 0 Å². The summed E-state index contributed by atoms with van der Waals surface area (Å²) >= 11 is 0. The van der Waals surface area contributed by atoms with Crippen LogP contribution in [-0.2, 0) is 4.79 Å². The minimum Gasteiger partial charge on any atom is -0.480 e. The second kappa shape index (κ2) is 18.8. The van der Waals surface area contributed by atoms with Crippen LogP contribution in [0.5, 0.6) is 0 Å². The van der Waals surface area contributed by atoms with Crippen LogP contribution in [0.25, 0.3) is 0 Å². The Morgan fingerprint density at radius 3 is 1.37 bits per heavy atom. The number of hydrogen-bond acceptors (Lipinski definition) is 2. The van der Waals surface area contributed by atoms with Crippen LogP contribution in [0.3, 0.4) is 0 Å². The van der Waals surface area contributed by atoms with Crippen molar-refractivity contribution in [3.05, 3.63) is 0 Å². The number of carbonyl (C=O) groups is 1. The highest BCUT2D eigenvalue weighted by Crippen LogP contribution is 2.22. The molecule has 0 aliphatic rings. The van der Waals surface area contributed by atoms with Gasteiger partial charge in [0.25, 0.3) is 0 Å². The molecule has 0 aromatic heterocycles. The molecule has 2 unspecified atom stereocenters. The third-order valence-corrected chi connectivity index (χ3v) is 5.98. The van der Waals surface area contributed by atoms with Gasteiger partial charge in [0.15, 0.2) is 0 Å². The predicted octanol–water partition coefficient (Wildman–Crippen LogP) is 7.43.